The molecule has 1 aromatic carbocycles. The second kappa shape index (κ2) is 8.45. The van der Waals surface area contributed by atoms with E-state index in [4.69, 9.17) is 21.1 Å². The van der Waals surface area contributed by atoms with Gasteiger partial charge in [-0.3, -0.25) is 0 Å². The minimum absolute atomic E-state index is 0.498. The zero-order valence-corrected chi connectivity index (χ0v) is 16.2. The predicted molar refractivity (Wildman–Crippen MR) is 105 cm³/mol. The number of halogens is 1. The van der Waals surface area contributed by atoms with Crippen molar-refractivity contribution in [2.24, 2.45) is 0 Å². The quantitative estimate of drug-likeness (QED) is 0.791. The SMILES string of the molecule is CCC1CCCCN1c1cc(Nc2cc(OC)c(Cl)cc2OC)ncn1. The van der Waals surface area contributed by atoms with E-state index in [-0.39, 0.29) is 0 Å². The molecule has 6 nitrogen and oxygen atoms in total. The maximum Gasteiger partial charge on any atom is 0.144 e. The Labute approximate surface area is 159 Å². The lowest BCUT2D eigenvalue weighted by Gasteiger charge is -2.36. The average Bonchev–Trinajstić information content (AvgIpc) is 2.69. The fourth-order valence-corrected chi connectivity index (χ4v) is 3.63. The monoisotopic (exact) mass is 376 g/mol. The van der Waals surface area contributed by atoms with Crippen molar-refractivity contribution in [3.05, 3.63) is 29.5 Å². The third-order valence-corrected chi connectivity index (χ3v) is 5.08. The molecule has 1 saturated heterocycles. The van der Waals surface area contributed by atoms with Crippen LogP contribution in [0.3, 0.4) is 0 Å². The molecule has 1 aliphatic heterocycles. The number of hydrogen-bond acceptors (Lipinski definition) is 6. The smallest absolute Gasteiger partial charge is 0.144 e. The fraction of sp³-hybridized carbons (Fsp3) is 0.474. The second-order valence-electron chi connectivity index (χ2n) is 6.32. The van der Waals surface area contributed by atoms with Gasteiger partial charge in [0.25, 0.3) is 0 Å². The highest BCUT2D eigenvalue weighted by Crippen LogP contribution is 2.37. The molecule has 1 aromatic heterocycles. The summed E-state index contributed by atoms with van der Waals surface area (Å²) in [7, 11) is 3.19. The molecular formula is C19H25ClN4O2. The third-order valence-electron chi connectivity index (χ3n) is 4.78. The van der Waals surface area contributed by atoms with Crippen LogP contribution in [0.1, 0.15) is 32.6 Å². The summed E-state index contributed by atoms with van der Waals surface area (Å²) in [4.78, 5) is 11.2. The maximum atomic E-state index is 6.18. The number of aromatic nitrogens is 2. The molecule has 7 heteroatoms. The van der Waals surface area contributed by atoms with Crippen LogP contribution < -0.4 is 19.7 Å². The van der Waals surface area contributed by atoms with E-state index >= 15 is 0 Å². The number of piperidine rings is 1. The van der Waals surface area contributed by atoms with Gasteiger partial charge in [0.05, 0.1) is 24.9 Å². The zero-order chi connectivity index (χ0) is 18.5. The van der Waals surface area contributed by atoms with E-state index < -0.39 is 0 Å². The van der Waals surface area contributed by atoms with Crippen LogP contribution in [0.5, 0.6) is 11.5 Å². The molecule has 0 aliphatic carbocycles. The zero-order valence-electron chi connectivity index (χ0n) is 15.5. The summed E-state index contributed by atoms with van der Waals surface area (Å²) >= 11 is 6.18. The Morgan fingerprint density at radius 1 is 1.15 bits per heavy atom. The summed E-state index contributed by atoms with van der Waals surface area (Å²) in [6.07, 6.45) is 6.41. The molecule has 0 spiro atoms. The Morgan fingerprint density at radius 3 is 2.69 bits per heavy atom. The number of methoxy groups -OCH3 is 2. The molecule has 2 heterocycles. The Hall–Kier alpha value is -2.21. The number of hydrogen-bond donors (Lipinski definition) is 1. The lowest BCUT2D eigenvalue weighted by Crippen LogP contribution is -2.39. The van der Waals surface area contributed by atoms with Gasteiger partial charge in [-0.15, -0.1) is 0 Å². The third kappa shape index (κ3) is 3.96. The molecule has 1 atom stereocenters. The Kier molecular flexibility index (Phi) is 6.04. The summed E-state index contributed by atoms with van der Waals surface area (Å²) in [6, 6.07) is 6.05. The molecule has 0 amide bonds. The summed E-state index contributed by atoms with van der Waals surface area (Å²) in [5, 5.41) is 3.79. The van der Waals surface area contributed by atoms with Crippen molar-refractivity contribution in [3.8, 4) is 11.5 Å². The first-order valence-corrected chi connectivity index (χ1v) is 9.31. The number of nitrogens with one attached hydrogen (secondary N) is 1. The van der Waals surface area contributed by atoms with Crippen LogP contribution in [0.4, 0.5) is 17.3 Å². The van der Waals surface area contributed by atoms with E-state index in [0.717, 1.165) is 24.5 Å². The molecule has 1 unspecified atom stereocenters. The van der Waals surface area contributed by atoms with Crippen LogP contribution in [0.2, 0.25) is 5.02 Å². The van der Waals surface area contributed by atoms with Gasteiger partial charge in [0.15, 0.2) is 0 Å². The molecule has 0 bridgehead atoms. The van der Waals surface area contributed by atoms with Gasteiger partial charge in [-0.2, -0.15) is 0 Å². The summed E-state index contributed by atoms with van der Waals surface area (Å²) in [6.45, 7) is 3.27. The van der Waals surface area contributed by atoms with Gasteiger partial charge >= 0.3 is 0 Å². The van der Waals surface area contributed by atoms with Crippen LogP contribution in [-0.4, -0.2) is 36.8 Å². The van der Waals surface area contributed by atoms with Gasteiger partial charge in [0.2, 0.25) is 0 Å². The summed E-state index contributed by atoms with van der Waals surface area (Å²) in [5.74, 6) is 2.86. The lowest BCUT2D eigenvalue weighted by molar-refractivity contribution is 0.405. The predicted octanol–water partition coefficient (Wildman–Crippen LogP) is 4.66. The van der Waals surface area contributed by atoms with E-state index in [1.165, 1.54) is 19.3 Å². The number of rotatable bonds is 6. The first-order chi connectivity index (χ1) is 12.7. The molecule has 0 radical (unpaired) electrons. The Bertz CT molecular complexity index is 756. The van der Waals surface area contributed by atoms with Crippen LogP contribution in [-0.2, 0) is 0 Å². The van der Waals surface area contributed by atoms with Gasteiger partial charge in [-0.1, -0.05) is 18.5 Å². The maximum absolute atomic E-state index is 6.18. The van der Waals surface area contributed by atoms with E-state index in [1.807, 2.05) is 6.07 Å². The van der Waals surface area contributed by atoms with Crippen molar-refractivity contribution >= 4 is 28.9 Å². The van der Waals surface area contributed by atoms with E-state index in [2.05, 4.69) is 27.1 Å². The second-order valence-corrected chi connectivity index (χ2v) is 6.73. The van der Waals surface area contributed by atoms with Gasteiger partial charge in [0.1, 0.15) is 29.5 Å². The van der Waals surface area contributed by atoms with E-state index in [0.29, 0.717) is 28.4 Å². The summed E-state index contributed by atoms with van der Waals surface area (Å²) in [5.41, 5.74) is 0.740. The van der Waals surface area contributed by atoms with Gasteiger partial charge in [0, 0.05) is 30.8 Å². The number of benzene rings is 1. The van der Waals surface area contributed by atoms with Crippen LogP contribution >= 0.6 is 11.6 Å². The van der Waals surface area contributed by atoms with E-state index in [1.54, 1.807) is 32.7 Å². The average molecular weight is 377 g/mol. The van der Waals surface area contributed by atoms with Gasteiger partial charge in [-0.25, -0.2) is 9.97 Å². The topological polar surface area (TPSA) is 59.5 Å². The first kappa shape index (κ1) is 18.6. The molecule has 26 heavy (non-hydrogen) atoms. The highest BCUT2D eigenvalue weighted by molar-refractivity contribution is 6.32. The minimum atomic E-state index is 0.498. The Morgan fingerprint density at radius 2 is 1.96 bits per heavy atom. The molecule has 2 aromatic rings. The van der Waals surface area contributed by atoms with Crippen LogP contribution in [0, 0.1) is 0 Å². The summed E-state index contributed by atoms with van der Waals surface area (Å²) < 4.78 is 10.7. The Balaban J connectivity index is 1.87. The minimum Gasteiger partial charge on any atom is -0.495 e. The first-order valence-electron chi connectivity index (χ1n) is 8.93. The van der Waals surface area contributed by atoms with Crippen molar-refractivity contribution in [3.63, 3.8) is 0 Å². The molecule has 3 rings (SSSR count). The highest BCUT2D eigenvalue weighted by atomic mass is 35.5. The normalized spacial score (nSPS) is 17.1. The fourth-order valence-electron chi connectivity index (χ4n) is 3.40. The number of nitrogens with zero attached hydrogens (tertiary/aromatic N) is 3. The van der Waals surface area contributed by atoms with Crippen LogP contribution in [0.25, 0.3) is 0 Å². The van der Waals surface area contributed by atoms with Crippen molar-refractivity contribution in [2.75, 3.05) is 31.0 Å². The molecule has 1 fully saturated rings. The number of anilines is 3. The molecule has 1 N–H and O–H groups in total. The standard InChI is InChI=1S/C19H25ClN4O2/c1-4-13-7-5-6-8-24(13)19-11-18(21-12-22-19)23-15-10-16(25-2)14(20)9-17(15)26-3/h9-13H,4-8H2,1-3H3,(H,21,22,23). The van der Waals surface area contributed by atoms with Crippen molar-refractivity contribution in [2.45, 2.75) is 38.6 Å². The van der Waals surface area contributed by atoms with Crippen LogP contribution in [0.15, 0.2) is 24.5 Å². The van der Waals surface area contributed by atoms with Gasteiger partial charge in [-0.05, 0) is 25.7 Å². The highest BCUT2D eigenvalue weighted by Gasteiger charge is 2.22. The number of ether oxygens (including phenoxy) is 2. The van der Waals surface area contributed by atoms with Gasteiger partial charge < -0.3 is 19.7 Å². The molecule has 1 aliphatic rings. The van der Waals surface area contributed by atoms with Crippen molar-refractivity contribution in [1.29, 1.82) is 0 Å². The van der Waals surface area contributed by atoms with Crippen molar-refractivity contribution in [1.82, 2.24) is 9.97 Å². The van der Waals surface area contributed by atoms with Crippen molar-refractivity contribution < 1.29 is 9.47 Å². The molecule has 0 saturated carbocycles. The largest absolute Gasteiger partial charge is 0.495 e. The van der Waals surface area contributed by atoms with E-state index in [9.17, 15) is 0 Å². The molecular weight excluding hydrogens is 352 g/mol. The molecule has 140 valence electrons. The lowest BCUT2D eigenvalue weighted by atomic mass is 10.0.